The molecule has 154 valence electrons. The number of anilines is 1. The Balaban J connectivity index is 0.00000280. The fraction of sp³-hybridized carbons (Fsp3) is 0.429. The van der Waals surface area contributed by atoms with E-state index in [0.717, 1.165) is 30.4 Å². The Hall–Kier alpha value is -1.63. The molecule has 0 amide bonds. The normalized spacial score (nSPS) is 16.4. The summed E-state index contributed by atoms with van der Waals surface area (Å²) >= 11 is 0. The predicted octanol–water partition coefficient (Wildman–Crippen LogP) is 4.45. The zero-order valence-electron chi connectivity index (χ0n) is 16.2. The summed E-state index contributed by atoms with van der Waals surface area (Å²) in [4.78, 5) is 0.264. The summed E-state index contributed by atoms with van der Waals surface area (Å²) in [6.45, 7) is 4.18. The Morgan fingerprint density at radius 2 is 1.82 bits per heavy atom. The molecule has 28 heavy (non-hydrogen) atoms. The minimum Gasteiger partial charge on any atom is -0.311 e. The molecule has 1 atom stereocenters. The molecule has 2 N–H and O–H groups in total. The first-order valence-electron chi connectivity index (χ1n) is 9.43. The van der Waals surface area contributed by atoms with Crippen molar-refractivity contribution in [1.82, 2.24) is 5.32 Å². The van der Waals surface area contributed by atoms with Crippen molar-refractivity contribution in [2.24, 2.45) is 0 Å². The second-order valence-corrected chi connectivity index (χ2v) is 9.08. The average Bonchev–Trinajstić information content (AvgIpc) is 2.66. The molecular weight excluding hydrogens is 399 g/mol. The molecule has 0 bridgehead atoms. The quantitative estimate of drug-likeness (QED) is 0.687. The number of rotatable bonds is 7. The van der Waals surface area contributed by atoms with Crippen LogP contribution in [-0.2, 0) is 22.9 Å². The molecule has 0 heterocycles. The van der Waals surface area contributed by atoms with Gasteiger partial charge in [0.2, 0.25) is 0 Å². The van der Waals surface area contributed by atoms with E-state index in [1.807, 2.05) is 24.3 Å². The molecule has 0 spiro atoms. The van der Waals surface area contributed by atoms with Gasteiger partial charge in [-0.15, -0.1) is 12.4 Å². The third kappa shape index (κ3) is 5.46. The number of alkyl halides is 1. The average molecular weight is 427 g/mol. The summed E-state index contributed by atoms with van der Waals surface area (Å²) in [6, 6.07) is 13.0. The zero-order valence-corrected chi connectivity index (χ0v) is 17.9. The number of halogens is 2. The second-order valence-electron chi connectivity index (χ2n) is 7.40. The van der Waals surface area contributed by atoms with Crippen LogP contribution in [0.25, 0.3) is 0 Å². The lowest BCUT2D eigenvalue weighted by atomic mass is 9.88. The van der Waals surface area contributed by atoms with Crippen molar-refractivity contribution in [1.29, 1.82) is 0 Å². The van der Waals surface area contributed by atoms with Crippen LogP contribution in [-0.4, -0.2) is 27.7 Å². The van der Waals surface area contributed by atoms with E-state index in [1.54, 1.807) is 18.2 Å². The lowest BCUT2D eigenvalue weighted by Crippen LogP contribution is -2.35. The fourth-order valence-corrected chi connectivity index (χ4v) is 4.55. The highest BCUT2D eigenvalue weighted by molar-refractivity contribution is 7.92. The van der Waals surface area contributed by atoms with Crippen LogP contribution in [0, 0.1) is 0 Å². The van der Waals surface area contributed by atoms with Gasteiger partial charge in [0, 0.05) is 18.3 Å². The predicted molar refractivity (Wildman–Crippen MR) is 115 cm³/mol. The van der Waals surface area contributed by atoms with Gasteiger partial charge >= 0.3 is 0 Å². The maximum Gasteiger partial charge on any atom is 0.261 e. The molecule has 0 aliphatic heterocycles. The third-order valence-corrected chi connectivity index (χ3v) is 6.47. The minimum atomic E-state index is -3.61. The summed E-state index contributed by atoms with van der Waals surface area (Å²) in [5.74, 6) is 0.360. The zero-order chi connectivity index (χ0) is 19.4. The smallest absolute Gasteiger partial charge is 0.261 e. The molecule has 2 aromatic rings. The van der Waals surface area contributed by atoms with Crippen LogP contribution in [0.1, 0.15) is 42.9 Å². The van der Waals surface area contributed by atoms with Gasteiger partial charge in [-0.25, -0.2) is 12.8 Å². The Bertz CT molecular complexity index is 886. The number of nitrogens with one attached hydrogen (secondary N) is 2. The van der Waals surface area contributed by atoms with Crippen molar-refractivity contribution in [2.75, 3.05) is 17.9 Å². The fourth-order valence-electron chi connectivity index (χ4n) is 3.50. The monoisotopic (exact) mass is 426 g/mol. The third-order valence-electron chi connectivity index (χ3n) is 5.07. The van der Waals surface area contributed by atoms with E-state index in [0.29, 0.717) is 18.2 Å². The summed E-state index contributed by atoms with van der Waals surface area (Å²) in [5, 5.41) is 3.21. The van der Waals surface area contributed by atoms with E-state index in [1.165, 1.54) is 5.56 Å². The first kappa shape index (κ1) is 22.7. The van der Waals surface area contributed by atoms with Crippen LogP contribution in [0.5, 0.6) is 0 Å². The van der Waals surface area contributed by atoms with Crippen LogP contribution < -0.4 is 10.0 Å². The van der Waals surface area contributed by atoms with Crippen LogP contribution in [0.4, 0.5) is 10.1 Å². The first-order valence-corrected chi connectivity index (χ1v) is 10.9. The largest absolute Gasteiger partial charge is 0.311 e. The highest BCUT2D eigenvalue weighted by Crippen LogP contribution is 2.26. The molecule has 0 radical (unpaired) electrons. The molecule has 4 nitrogen and oxygen atoms in total. The number of aryl methyl sites for hydroxylation is 1. The Kier molecular flexibility index (Phi) is 7.87. The van der Waals surface area contributed by atoms with E-state index < -0.39 is 10.0 Å². The summed E-state index contributed by atoms with van der Waals surface area (Å²) in [6.07, 6.45) is 2.64. The van der Waals surface area contributed by atoms with Gasteiger partial charge < -0.3 is 5.32 Å². The number of fused-ring (bicyclic) bond motifs is 1. The van der Waals surface area contributed by atoms with E-state index in [9.17, 15) is 12.8 Å². The lowest BCUT2D eigenvalue weighted by Gasteiger charge is -2.26. The van der Waals surface area contributed by atoms with Gasteiger partial charge in [0.05, 0.1) is 4.90 Å². The van der Waals surface area contributed by atoms with Crippen molar-refractivity contribution < 1.29 is 12.8 Å². The first-order chi connectivity index (χ1) is 12.9. The lowest BCUT2D eigenvalue weighted by molar-refractivity contribution is 0.406. The molecule has 0 saturated carbocycles. The van der Waals surface area contributed by atoms with Crippen molar-refractivity contribution in [3.63, 3.8) is 0 Å². The molecule has 3 rings (SSSR count). The Morgan fingerprint density at radius 1 is 1.11 bits per heavy atom. The van der Waals surface area contributed by atoms with Crippen LogP contribution in [0.15, 0.2) is 47.4 Å². The number of sulfonamides is 1. The van der Waals surface area contributed by atoms with Gasteiger partial charge in [0.15, 0.2) is 0 Å². The summed E-state index contributed by atoms with van der Waals surface area (Å²) < 4.78 is 40.3. The van der Waals surface area contributed by atoms with Crippen molar-refractivity contribution in [3.05, 3.63) is 59.2 Å². The topological polar surface area (TPSA) is 58.2 Å². The van der Waals surface area contributed by atoms with Crippen molar-refractivity contribution >= 4 is 28.1 Å². The van der Waals surface area contributed by atoms with E-state index in [4.69, 9.17) is 0 Å². The second kappa shape index (κ2) is 9.72. The highest BCUT2D eigenvalue weighted by atomic mass is 35.5. The SMILES string of the molecule is CC(C)c1ccc(S(=O)(=O)Nc2ccc3c(c2)CC[C@H](NCCF)C3)cc1.Cl. The molecule has 2 aromatic carbocycles. The van der Waals surface area contributed by atoms with Crippen LogP contribution >= 0.6 is 12.4 Å². The molecular formula is C21H28ClFN2O2S. The van der Waals surface area contributed by atoms with Crippen LogP contribution in [0.3, 0.4) is 0 Å². The number of benzene rings is 2. The molecule has 7 heteroatoms. The number of hydrogen-bond acceptors (Lipinski definition) is 3. The van der Waals surface area contributed by atoms with E-state index >= 15 is 0 Å². The molecule has 0 unspecified atom stereocenters. The van der Waals surface area contributed by atoms with E-state index in [-0.39, 0.29) is 30.0 Å². The summed E-state index contributed by atoms with van der Waals surface area (Å²) in [5.41, 5.74) is 4.04. The molecule has 1 aliphatic carbocycles. The maximum absolute atomic E-state index is 12.7. The number of hydrogen-bond donors (Lipinski definition) is 2. The van der Waals surface area contributed by atoms with Gasteiger partial charge in [-0.2, -0.15) is 0 Å². The molecule has 0 saturated heterocycles. The molecule has 1 aliphatic rings. The van der Waals surface area contributed by atoms with E-state index in [2.05, 4.69) is 23.9 Å². The Labute approximate surface area is 173 Å². The van der Waals surface area contributed by atoms with Crippen molar-refractivity contribution in [2.45, 2.75) is 50.0 Å². The minimum absolute atomic E-state index is 0. The molecule has 0 fully saturated rings. The van der Waals surface area contributed by atoms with Crippen molar-refractivity contribution in [3.8, 4) is 0 Å². The van der Waals surface area contributed by atoms with Gasteiger partial charge in [-0.3, -0.25) is 4.72 Å². The van der Waals surface area contributed by atoms with Gasteiger partial charge in [-0.05, 0) is 66.1 Å². The van der Waals surface area contributed by atoms with Gasteiger partial charge in [0.25, 0.3) is 10.0 Å². The van der Waals surface area contributed by atoms with Gasteiger partial charge in [0.1, 0.15) is 6.67 Å². The Morgan fingerprint density at radius 3 is 2.46 bits per heavy atom. The maximum atomic E-state index is 12.7. The summed E-state index contributed by atoms with van der Waals surface area (Å²) in [7, 11) is -3.61. The standard InChI is InChI=1S/C21H27FN2O2S.ClH/c1-15(2)16-5-9-21(10-6-16)27(25,26)24-20-8-4-17-13-19(23-12-11-22)7-3-18(17)14-20;/h4-6,8-10,14-15,19,23-24H,3,7,11-13H2,1-2H3;1H/t19-;/m0./s1. The van der Waals surface area contributed by atoms with Crippen LogP contribution in [0.2, 0.25) is 0 Å². The van der Waals surface area contributed by atoms with Gasteiger partial charge in [-0.1, -0.05) is 32.0 Å². The molecule has 0 aromatic heterocycles. The highest BCUT2D eigenvalue weighted by Gasteiger charge is 2.20.